The predicted molar refractivity (Wildman–Crippen MR) is 134 cm³/mol. The summed E-state index contributed by atoms with van der Waals surface area (Å²) in [6.07, 6.45) is 1.08. The minimum Gasteiger partial charge on any atom is -0.497 e. The molecule has 1 heterocycles. The topological polar surface area (TPSA) is 90.9 Å². The van der Waals surface area contributed by atoms with Gasteiger partial charge in [-0.2, -0.15) is 0 Å². The molecule has 0 spiro atoms. The minimum atomic E-state index is -0.597. The van der Waals surface area contributed by atoms with Gasteiger partial charge in [-0.1, -0.05) is 38.1 Å². The maximum absolute atomic E-state index is 13.5. The van der Waals surface area contributed by atoms with E-state index in [0.29, 0.717) is 41.0 Å². The Kier molecular flexibility index (Phi) is 7.02. The zero-order valence-electron chi connectivity index (χ0n) is 21.3. The van der Waals surface area contributed by atoms with Crippen LogP contribution in [0.2, 0.25) is 0 Å². The Balaban J connectivity index is 1.70. The molecule has 2 aromatic rings. The van der Waals surface area contributed by atoms with E-state index in [4.69, 9.17) is 14.2 Å². The van der Waals surface area contributed by atoms with Gasteiger partial charge in [-0.15, -0.1) is 0 Å². The second-order valence-corrected chi connectivity index (χ2v) is 9.97. The highest BCUT2D eigenvalue weighted by molar-refractivity contribution is 6.04. The molecule has 0 saturated heterocycles. The highest BCUT2D eigenvalue weighted by Crippen LogP contribution is 2.46. The van der Waals surface area contributed by atoms with Gasteiger partial charge in [0.25, 0.3) is 0 Å². The molecule has 1 aliphatic heterocycles. The van der Waals surface area contributed by atoms with Crippen LogP contribution >= 0.6 is 0 Å². The van der Waals surface area contributed by atoms with E-state index < -0.39 is 17.9 Å². The number of dihydropyridines is 1. The standard InChI is InChI=1S/C29H31NO6/c1-17-24(28(33)36-16-18-6-12-21(34-4)13-7-18)25(19-8-10-20(11-9-19)27(32)35-5)26-22(30-17)14-29(2,3)15-23(26)31/h6-13,25,30H,14-16H2,1-5H3. The fourth-order valence-electron chi connectivity index (χ4n) is 4.92. The molecule has 2 aliphatic rings. The lowest BCUT2D eigenvalue weighted by atomic mass is 9.68. The Labute approximate surface area is 211 Å². The molecular weight excluding hydrogens is 458 g/mol. The number of benzene rings is 2. The molecule has 0 bridgehead atoms. The maximum Gasteiger partial charge on any atom is 0.337 e. The van der Waals surface area contributed by atoms with Crippen molar-refractivity contribution < 1.29 is 28.6 Å². The summed E-state index contributed by atoms with van der Waals surface area (Å²) in [4.78, 5) is 38.8. The van der Waals surface area contributed by atoms with Crippen molar-refractivity contribution in [3.63, 3.8) is 0 Å². The van der Waals surface area contributed by atoms with E-state index in [2.05, 4.69) is 19.2 Å². The molecule has 1 aliphatic carbocycles. The fraction of sp³-hybridized carbons (Fsp3) is 0.345. The van der Waals surface area contributed by atoms with Crippen LogP contribution in [0.1, 0.15) is 61.0 Å². The molecular formula is C29H31NO6. The first-order valence-electron chi connectivity index (χ1n) is 11.9. The van der Waals surface area contributed by atoms with Crippen LogP contribution in [-0.2, 0) is 25.7 Å². The lowest BCUT2D eigenvalue weighted by Gasteiger charge is -2.39. The maximum atomic E-state index is 13.5. The number of hydrogen-bond donors (Lipinski definition) is 1. The number of esters is 2. The number of allylic oxidation sites excluding steroid dienone is 3. The van der Waals surface area contributed by atoms with Crippen molar-refractivity contribution in [2.45, 2.75) is 46.1 Å². The van der Waals surface area contributed by atoms with Crippen LogP contribution in [0, 0.1) is 5.41 Å². The third kappa shape index (κ3) is 5.05. The number of hydrogen-bond acceptors (Lipinski definition) is 7. The lowest BCUT2D eigenvalue weighted by Crippen LogP contribution is -2.38. The van der Waals surface area contributed by atoms with Crippen molar-refractivity contribution in [2.24, 2.45) is 5.41 Å². The van der Waals surface area contributed by atoms with Crippen molar-refractivity contribution in [3.05, 3.63) is 87.8 Å². The van der Waals surface area contributed by atoms with Gasteiger partial charge < -0.3 is 19.5 Å². The van der Waals surface area contributed by atoms with Crippen molar-refractivity contribution in [1.82, 2.24) is 5.32 Å². The summed E-state index contributed by atoms with van der Waals surface area (Å²) < 4.78 is 15.7. The molecule has 2 aromatic carbocycles. The van der Waals surface area contributed by atoms with Crippen LogP contribution < -0.4 is 10.1 Å². The number of Topliss-reactive ketones (excluding diaryl/α,β-unsaturated/α-hetero) is 1. The quantitative estimate of drug-likeness (QED) is 0.581. The number of nitrogens with one attached hydrogen (secondary N) is 1. The van der Waals surface area contributed by atoms with Gasteiger partial charge >= 0.3 is 11.9 Å². The van der Waals surface area contributed by atoms with E-state index in [1.807, 2.05) is 19.1 Å². The summed E-state index contributed by atoms with van der Waals surface area (Å²) in [6.45, 7) is 6.04. The summed E-state index contributed by atoms with van der Waals surface area (Å²) in [5, 5.41) is 3.33. The summed E-state index contributed by atoms with van der Waals surface area (Å²) in [7, 11) is 2.92. The molecule has 1 N–H and O–H groups in total. The zero-order chi connectivity index (χ0) is 26.0. The monoisotopic (exact) mass is 489 g/mol. The summed E-state index contributed by atoms with van der Waals surface area (Å²) in [6, 6.07) is 14.1. The van der Waals surface area contributed by atoms with E-state index in [9.17, 15) is 14.4 Å². The van der Waals surface area contributed by atoms with Gasteiger partial charge in [0, 0.05) is 29.3 Å². The van der Waals surface area contributed by atoms with Gasteiger partial charge in [0.1, 0.15) is 12.4 Å². The Morgan fingerprint density at radius 1 is 0.972 bits per heavy atom. The second-order valence-electron chi connectivity index (χ2n) is 9.97. The average molecular weight is 490 g/mol. The minimum absolute atomic E-state index is 0.00347. The number of carbonyl (C=O) groups excluding carboxylic acids is 3. The largest absolute Gasteiger partial charge is 0.497 e. The van der Waals surface area contributed by atoms with Crippen LogP contribution in [0.3, 0.4) is 0 Å². The van der Waals surface area contributed by atoms with E-state index in [0.717, 1.165) is 16.8 Å². The second kappa shape index (κ2) is 10.0. The van der Waals surface area contributed by atoms with Gasteiger partial charge in [-0.05, 0) is 54.2 Å². The molecule has 0 saturated carbocycles. The van der Waals surface area contributed by atoms with Crippen LogP contribution in [0.15, 0.2) is 71.1 Å². The highest BCUT2D eigenvalue weighted by atomic mass is 16.5. The zero-order valence-corrected chi connectivity index (χ0v) is 21.3. The smallest absolute Gasteiger partial charge is 0.337 e. The van der Waals surface area contributed by atoms with Gasteiger partial charge in [0.2, 0.25) is 0 Å². The van der Waals surface area contributed by atoms with E-state index >= 15 is 0 Å². The average Bonchev–Trinajstić information content (AvgIpc) is 2.85. The number of rotatable bonds is 6. The summed E-state index contributed by atoms with van der Waals surface area (Å²) >= 11 is 0. The number of carbonyl (C=O) groups is 3. The van der Waals surface area contributed by atoms with E-state index in [1.165, 1.54) is 7.11 Å². The van der Waals surface area contributed by atoms with Crippen LogP contribution in [0.4, 0.5) is 0 Å². The van der Waals surface area contributed by atoms with Crippen molar-refractivity contribution in [3.8, 4) is 5.75 Å². The van der Waals surface area contributed by atoms with Crippen LogP contribution in [0.5, 0.6) is 5.75 Å². The molecule has 0 aromatic heterocycles. The molecule has 7 nitrogen and oxygen atoms in total. The first-order valence-corrected chi connectivity index (χ1v) is 11.9. The first-order chi connectivity index (χ1) is 17.1. The van der Waals surface area contributed by atoms with Crippen molar-refractivity contribution in [1.29, 1.82) is 0 Å². The summed E-state index contributed by atoms with van der Waals surface area (Å²) in [5.41, 5.74) is 4.23. The molecule has 1 atom stereocenters. The molecule has 188 valence electrons. The summed E-state index contributed by atoms with van der Waals surface area (Å²) in [5.74, 6) is -0.826. The highest BCUT2D eigenvalue weighted by Gasteiger charge is 2.43. The molecule has 4 rings (SSSR count). The van der Waals surface area contributed by atoms with Crippen LogP contribution in [0.25, 0.3) is 0 Å². The molecule has 1 unspecified atom stereocenters. The number of ketones is 1. The number of methoxy groups -OCH3 is 2. The van der Waals surface area contributed by atoms with Gasteiger partial charge in [-0.3, -0.25) is 4.79 Å². The molecule has 36 heavy (non-hydrogen) atoms. The van der Waals surface area contributed by atoms with Crippen molar-refractivity contribution in [2.75, 3.05) is 14.2 Å². The fourth-order valence-corrected chi connectivity index (χ4v) is 4.92. The van der Waals surface area contributed by atoms with Gasteiger partial charge in [0.15, 0.2) is 5.78 Å². The lowest BCUT2D eigenvalue weighted by molar-refractivity contribution is -0.140. The third-order valence-electron chi connectivity index (χ3n) is 6.65. The molecule has 0 fully saturated rings. The van der Waals surface area contributed by atoms with Crippen LogP contribution in [-0.4, -0.2) is 31.9 Å². The molecule has 0 radical (unpaired) electrons. The van der Waals surface area contributed by atoms with E-state index in [-0.39, 0.29) is 17.8 Å². The Hall–Kier alpha value is -3.87. The Morgan fingerprint density at radius 3 is 2.25 bits per heavy atom. The predicted octanol–water partition coefficient (Wildman–Crippen LogP) is 4.83. The molecule has 7 heteroatoms. The number of ether oxygens (including phenoxy) is 3. The molecule has 0 amide bonds. The van der Waals surface area contributed by atoms with Crippen molar-refractivity contribution >= 4 is 17.7 Å². The SMILES string of the molecule is COC(=O)c1ccc(C2C(C(=O)OCc3ccc(OC)cc3)=C(C)NC3=C2C(=O)CC(C)(C)C3)cc1. The first kappa shape index (κ1) is 25.2. The third-order valence-corrected chi connectivity index (χ3v) is 6.65. The Bertz CT molecular complexity index is 1250. The van der Waals surface area contributed by atoms with E-state index in [1.54, 1.807) is 43.5 Å². The normalized spacial score (nSPS) is 18.8. The van der Waals surface area contributed by atoms with Gasteiger partial charge in [0.05, 0.1) is 25.4 Å². The Morgan fingerprint density at radius 2 is 1.64 bits per heavy atom. The van der Waals surface area contributed by atoms with Gasteiger partial charge in [-0.25, -0.2) is 9.59 Å².